The molecule has 0 amide bonds. The van der Waals surface area contributed by atoms with E-state index in [1.807, 2.05) is 6.07 Å². The summed E-state index contributed by atoms with van der Waals surface area (Å²) in [5.74, 6) is -0.247. The lowest BCUT2D eigenvalue weighted by Crippen LogP contribution is -1.99. The van der Waals surface area contributed by atoms with Gasteiger partial charge in [0.15, 0.2) is 11.6 Å². The molecule has 2 aromatic heterocycles. The predicted molar refractivity (Wildman–Crippen MR) is 86.4 cm³/mol. The van der Waals surface area contributed by atoms with Gasteiger partial charge in [-0.05, 0) is 35.0 Å². The Morgan fingerprint density at radius 2 is 2.16 bits per heavy atom. The molecule has 1 aromatic carbocycles. The number of anilines is 1. The van der Waals surface area contributed by atoms with E-state index in [0.717, 1.165) is 5.56 Å². The first-order chi connectivity index (χ1) is 12.3. The Morgan fingerprint density at radius 1 is 1.32 bits per heavy atom. The number of ether oxygens (including phenoxy) is 1. The van der Waals surface area contributed by atoms with E-state index in [1.165, 1.54) is 18.3 Å². The van der Waals surface area contributed by atoms with Crippen LogP contribution in [-0.2, 0) is 6.61 Å². The second kappa shape index (κ2) is 7.65. The number of pyridine rings is 1. The minimum absolute atomic E-state index is 0.130. The van der Waals surface area contributed by atoms with Crippen molar-refractivity contribution in [2.45, 2.75) is 6.61 Å². The maximum Gasteiger partial charge on any atom is 0.216 e. The Balaban J connectivity index is 1.66. The molecule has 0 aliphatic rings. The van der Waals surface area contributed by atoms with Crippen LogP contribution in [0.2, 0.25) is 0 Å². The molecule has 9 heteroatoms. The van der Waals surface area contributed by atoms with E-state index in [-0.39, 0.29) is 23.8 Å². The van der Waals surface area contributed by atoms with Crippen LogP contribution in [0.4, 0.5) is 10.1 Å². The number of benzene rings is 1. The summed E-state index contributed by atoms with van der Waals surface area (Å²) >= 11 is 0. The zero-order valence-corrected chi connectivity index (χ0v) is 12.8. The van der Waals surface area contributed by atoms with Crippen molar-refractivity contribution in [3.63, 3.8) is 0 Å². The van der Waals surface area contributed by atoms with E-state index in [2.05, 4.69) is 30.9 Å². The number of aromatic amines is 1. The van der Waals surface area contributed by atoms with Crippen LogP contribution in [0.5, 0.6) is 5.75 Å². The summed E-state index contributed by atoms with van der Waals surface area (Å²) < 4.78 is 19.6. The average molecular weight is 337 g/mol. The summed E-state index contributed by atoms with van der Waals surface area (Å²) in [6.07, 6.45) is 4.66. The Bertz CT molecular complexity index is 904. The number of nitrogens with one attached hydrogen (secondary N) is 2. The number of rotatable bonds is 6. The molecule has 8 nitrogen and oxygen atoms in total. The molecule has 0 unspecified atom stereocenters. The topological polar surface area (TPSA) is 112 Å². The highest BCUT2D eigenvalue weighted by Crippen LogP contribution is 2.22. The quantitative estimate of drug-likeness (QED) is 0.664. The van der Waals surface area contributed by atoms with Gasteiger partial charge in [-0.15, -0.1) is 10.2 Å². The van der Waals surface area contributed by atoms with Crippen molar-refractivity contribution < 1.29 is 9.13 Å². The van der Waals surface area contributed by atoms with Gasteiger partial charge in [0.2, 0.25) is 5.82 Å². The number of nitrogens with zero attached hydrogens (tertiary/aromatic N) is 5. The number of H-pyrrole nitrogens is 1. The number of hydrogen-bond donors (Lipinski definition) is 2. The van der Waals surface area contributed by atoms with E-state index in [0.29, 0.717) is 5.69 Å². The fourth-order valence-corrected chi connectivity index (χ4v) is 1.93. The molecule has 0 radical (unpaired) electrons. The predicted octanol–water partition coefficient (Wildman–Crippen LogP) is 2.29. The van der Waals surface area contributed by atoms with Crippen LogP contribution in [-0.4, -0.2) is 25.6 Å². The molecule has 0 saturated heterocycles. The zero-order valence-electron chi connectivity index (χ0n) is 12.8. The third-order valence-electron chi connectivity index (χ3n) is 3.17. The first-order valence-electron chi connectivity index (χ1n) is 7.18. The normalized spacial score (nSPS) is 11.0. The van der Waals surface area contributed by atoms with Gasteiger partial charge in [-0.2, -0.15) is 10.5 Å². The number of halogens is 1. The van der Waals surface area contributed by atoms with Crippen molar-refractivity contribution >= 4 is 11.3 Å². The second-order valence-corrected chi connectivity index (χ2v) is 4.84. The number of allylic oxidation sites excluding steroid dienone is 1. The second-order valence-electron chi connectivity index (χ2n) is 4.84. The van der Waals surface area contributed by atoms with Crippen molar-refractivity contribution in [2.24, 2.45) is 0 Å². The molecule has 0 saturated carbocycles. The summed E-state index contributed by atoms with van der Waals surface area (Å²) in [6.45, 7) is 0.239. The first kappa shape index (κ1) is 16.1. The zero-order chi connectivity index (χ0) is 17.5. The van der Waals surface area contributed by atoms with Gasteiger partial charge in [-0.25, -0.2) is 4.39 Å². The highest BCUT2D eigenvalue weighted by molar-refractivity contribution is 5.74. The van der Waals surface area contributed by atoms with E-state index in [9.17, 15) is 4.39 Å². The molecule has 3 aromatic rings. The van der Waals surface area contributed by atoms with Gasteiger partial charge in [0.1, 0.15) is 18.2 Å². The monoisotopic (exact) mass is 337 g/mol. The van der Waals surface area contributed by atoms with E-state index in [1.54, 1.807) is 30.6 Å². The third kappa shape index (κ3) is 4.14. The minimum Gasteiger partial charge on any atom is -0.486 e. The number of tetrazole rings is 1. The molecule has 0 atom stereocenters. The largest absolute Gasteiger partial charge is 0.486 e. The van der Waals surface area contributed by atoms with Crippen LogP contribution in [0.3, 0.4) is 0 Å². The van der Waals surface area contributed by atoms with E-state index >= 15 is 0 Å². The summed E-state index contributed by atoms with van der Waals surface area (Å²) in [4.78, 5) is 3.91. The summed E-state index contributed by atoms with van der Waals surface area (Å²) in [7, 11) is 0. The van der Waals surface area contributed by atoms with Crippen LogP contribution in [0, 0.1) is 17.1 Å². The first-order valence-corrected chi connectivity index (χ1v) is 7.18. The van der Waals surface area contributed by atoms with E-state index < -0.39 is 5.82 Å². The maximum atomic E-state index is 14.1. The van der Waals surface area contributed by atoms with Gasteiger partial charge in [-0.3, -0.25) is 4.98 Å². The SMILES string of the molecule is N#CC(=CNc1ccc(OCc2ccncc2)c(F)c1)c1nn[nH]n1. The summed E-state index contributed by atoms with van der Waals surface area (Å²) in [5, 5.41) is 24.9. The molecule has 2 N–H and O–H groups in total. The van der Waals surface area contributed by atoms with Gasteiger partial charge < -0.3 is 10.1 Å². The molecule has 25 heavy (non-hydrogen) atoms. The molecule has 3 rings (SSSR count). The Labute approximate surface area is 142 Å². The summed E-state index contributed by atoms with van der Waals surface area (Å²) in [6, 6.07) is 9.92. The van der Waals surface area contributed by atoms with Gasteiger partial charge in [0, 0.05) is 30.3 Å². The lowest BCUT2D eigenvalue weighted by molar-refractivity contribution is 0.290. The maximum absolute atomic E-state index is 14.1. The molecule has 0 bridgehead atoms. The highest BCUT2D eigenvalue weighted by atomic mass is 19.1. The van der Waals surface area contributed by atoms with Crippen LogP contribution < -0.4 is 10.1 Å². The minimum atomic E-state index is -0.523. The Morgan fingerprint density at radius 3 is 2.84 bits per heavy atom. The van der Waals surface area contributed by atoms with Crippen molar-refractivity contribution in [1.82, 2.24) is 25.6 Å². The average Bonchev–Trinajstić information content (AvgIpc) is 3.17. The molecule has 0 aliphatic carbocycles. The van der Waals surface area contributed by atoms with Gasteiger partial charge in [-0.1, -0.05) is 0 Å². The fourth-order valence-electron chi connectivity index (χ4n) is 1.93. The van der Waals surface area contributed by atoms with Crippen LogP contribution in [0.25, 0.3) is 5.57 Å². The summed E-state index contributed by atoms with van der Waals surface area (Å²) in [5.41, 5.74) is 1.50. The van der Waals surface area contributed by atoms with E-state index in [4.69, 9.17) is 10.00 Å². The number of nitriles is 1. The lowest BCUT2D eigenvalue weighted by atomic mass is 10.2. The number of aromatic nitrogens is 5. The molecule has 124 valence electrons. The molecule has 0 fully saturated rings. The molecule has 0 aliphatic heterocycles. The highest BCUT2D eigenvalue weighted by Gasteiger charge is 2.07. The third-order valence-corrected chi connectivity index (χ3v) is 3.17. The van der Waals surface area contributed by atoms with Crippen molar-refractivity contribution in [1.29, 1.82) is 5.26 Å². The smallest absolute Gasteiger partial charge is 0.216 e. The van der Waals surface area contributed by atoms with Crippen LogP contribution in [0.15, 0.2) is 48.9 Å². The lowest BCUT2D eigenvalue weighted by Gasteiger charge is -2.09. The Hall–Kier alpha value is -3.80. The number of hydrogen-bond acceptors (Lipinski definition) is 7. The Kier molecular flexibility index (Phi) is 4.92. The van der Waals surface area contributed by atoms with Crippen LogP contribution >= 0.6 is 0 Å². The van der Waals surface area contributed by atoms with Crippen molar-refractivity contribution in [3.8, 4) is 11.8 Å². The van der Waals surface area contributed by atoms with Crippen molar-refractivity contribution in [2.75, 3.05) is 5.32 Å². The van der Waals surface area contributed by atoms with Crippen molar-refractivity contribution in [3.05, 3.63) is 66.1 Å². The van der Waals surface area contributed by atoms with Gasteiger partial charge in [0.05, 0.1) is 0 Å². The standard InChI is InChI=1S/C16H12FN7O/c17-14-7-13(20-9-12(8-18)16-21-23-24-22-16)1-2-15(14)25-10-11-3-5-19-6-4-11/h1-7,9,20H,10H2,(H,21,22,23,24). The molecule has 2 heterocycles. The molecular weight excluding hydrogens is 325 g/mol. The van der Waals surface area contributed by atoms with Crippen LogP contribution in [0.1, 0.15) is 11.4 Å². The molecular formula is C16H12FN7O. The fraction of sp³-hybridized carbons (Fsp3) is 0.0625. The molecule has 0 spiro atoms. The van der Waals surface area contributed by atoms with Gasteiger partial charge in [0.25, 0.3) is 0 Å². The van der Waals surface area contributed by atoms with Gasteiger partial charge >= 0.3 is 0 Å².